The Labute approximate surface area is 93.2 Å². The first-order valence-corrected chi connectivity index (χ1v) is 5.14. The number of rotatable bonds is 2. The van der Waals surface area contributed by atoms with Gasteiger partial charge in [-0.3, -0.25) is 4.79 Å². The fourth-order valence-corrected chi connectivity index (χ4v) is 1.65. The summed E-state index contributed by atoms with van der Waals surface area (Å²) in [5.41, 5.74) is 6.32. The Morgan fingerprint density at radius 1 is 1.56 bits per heavy atom. The third-order valence-corrected chi connectivity index (χ3v) is 2.55. The van der Waals surface area contributed by atoms with E-state index in [9.17, 15) is 9.90 Å². The molecule has 2 rings (SSSR count). The van der Waals surface area contributed by atoms with Crippen LogP contribution in [0.5, 0.6) is 5.75 Å². The second kappa shape index (κ2) is 4.40. The van der Waals surface area contributed by atoms with E-state index < -0.39 is 0 Å². The zero-order valence-corrected chi connectivity index (χ0v) is 8.77. The lowest BCUT2D eigenvalue weighted by molar-refractivity contribution is 0.0930. The molecule has 1 heterocycles. The predicted octanol–water partition coefficient (Wildman–Crippen LogP) is 0.493. The van der Waals surface area contributed by atoms with Crippen LogP contribution in [0.3, 0.4) is 0 Å². The SMILES string of the molecule is Nc1ccc(O)cc1C(=O)NC1CCOC1. The summed E-state index contributed by atoms with van der Waals surface area (Å²) in [4.78, 5) is 11.8. The first-order valence-electron chi connectivity index (χ1n) is 5.14. The molecular formula is C11H14N2O3. The van der Waals surface area contributed by atoms with Crippen molar-refractivity contribution in [3.63, 3.8) is 0 Å². The van der Waals surface area contributed by atoms with Gasteiger partial charge in [0.1, 0.15) is 5.75 Å². The molecule has 0 saturated carbocycles. The van der Waals surface area contributed by atoms with Crippen LogP contribution in [0.1, 0.15) is 16.8 Å². The van der Waals surface area contributed by atoms with Crippen molar-refractivity contribution in [2.45, 2.75) is 12.5 Å². The zero-order chi connectivity index (χ0) is 11.5. The first-order chi connectivity index (χ1) is 7.66. The summed E-state index contributed by atoms with van der Waals surface area (Å²) in [6.07, 6.45) is 0.810. The Balaban J connectivity index is 2.10. The van der Waals surface area contributed by atoms with Gasteiger partial charge < -0.3 is 20.9 Å². The molecule has 1 atom stereocenters. The van der Waals surface area contributed by atoms with E-state index in [2.05, 4.69) is 5.32 Å². The van der Waals surface area contributed by atoms with Gasteiger partial charge in [-0.05, 0) is 24.6 Å². The molecule has 1 fully saturated rings. The van der Waals surface area contributed by atoms with E-state index in [-0.39, 0.29) is 17.7 Å². The van der Waals surface area contributed by atoms with Gasteiger partial charge in [0.05, 0.1) is 18.2 Å². The maximum absolute atomic E-state index is 11.8. The lowest BCUT2D eigenvalue weighted by Gasteiger charge is -2.12. The molecule has 1 aliphatic rings. The van der Waals surface area contributed by atoms with Crippen LogP contribution in [0.25, 0.3) is 0 Å². The van der Waals surface area contributed by atoms with Crippen molar-refractivity contribution < 1.29 is 14.6 Å². The summed E-state index contributed by atoms with van der Waals surface area (Å²) < 4.78 is 5.15. The van der Waals surface area contributed by atoms with Crippen molar-refractivity contribution in [2.75, 3.05) is 18.9 Å². The zero-order valence-electron chi connectivity index (χ0n) is 8.77. The number of benzene rings is 1. The van der Waals surface area contributed by atoms with Gasteiger partial charge in [0.15, 0.2) is 0 Å². The van der Waals surface area contributed by atoms with Crippen molar-refractivity contribution in [2.24, 2.45) is 0 Å². The third-order valence-electron chi connectivity index (χ3n) is 2.55. The summed E-state index contributed by atoms with van der Waals surface area (Å²) in [6.45, 7) is 1.20. The average molecular weight is 222 g/mol. The number of carbonyl (C=O) groups excluding carboxylic acids is 1. The molecule has 4 N–H and O–H groups in total. The highest BCUT2D eigenvalue weighted by atomic mass is 16.5. The third kappa shape index (κ3) is 2.25. The normalized spacial score (nSPS) is 19.6. The predicted molar refractivity (Wildman–Crippen MR) is 59.2 cm³/mol. The van der Waals surface area contributed by atoms with Gasteiger partial charge in [0.25, 0.3) is 5.91 Å². The van der Waals surface area contributed by atoms with Crippen LogP contribution in [0.15, 0.2) is 18.2 Å². The molecule has 1 aliphatic heterocycles. The van der Waals surface area contributed by atoms with Crippen LogP contribution >= 0.6 is 0 Å². The van der Waals surface area contributed by atoms with Gasteiger partial charge in [0, 0.05) is 12.3 Å². The molecule has 1 unspecified atom stereocenters. The van der Waals surface area contributed by atoms with Crippen LogP contribution in [0.4, 0.5) is 5.69 Å². The number of carbonyl (C=O) groups is 1. The van der Waals surface area contributed by atoms with E-state index in [1.165, 1.54) is 18.2 Å². The molecule has 86 valence electrons. The van der Waals surface area contributed by atoms with E-state index in [1.807, 2.05) is 0 Å². The molecule has 0 radical (unpaired) electrons. The standard InChI is InChI=1S/C11H14N2O3/c12-10-2-1-8(14)5-9(10)11(15)13-7-3-4-16-6-7/h1-2,5,7,14H,3-4,6,12H2,(H,13,15). The highest BCUT2D eigenvalue weighted by Crippen LogP contribution is 2.18. The molecule has 1 saturated heterocycles. The summed E-state index contributed by atoms with van der Waals surface area (Å²) in [6, 6.07) is 4.36. The Hall–Kier alpha value is -1.75. The van der Waals surface area contributed by atoms with Crippen LogP contribution in [-0.4, -0.2) is 30.3 Å². The van der Waals surface area contributed by atoms with Crippen LogP contribution in [0.2, 0.25) is 0 Å². The van der Waals surface area contributed by atoms with E-state index >= 15 is 0 Å². The molecule has 1 aromatic rings. The Morgan fingerprint density at radius 2 is 2.38 bits per heavy atom. The van der Waals surface area contributed by atoms with Gasteiger partial charge in [0.2, 0.25) is 0 Å². The minimum absolute atomic E-state index is 0.0296. The number of hydrogen-bond donors (Lipinski definition) is 3. The Bertz CT molecular complexity index is 400. The number of phenolic OH excluding ortho intramolecular Hbond substituents is 1. The van der Waals surface area contributed by atoms with Crippen LogP contribution < -0.4 is 11.1 Å². The van der Waals surface area contributed by atoms with Crippen molar-refractivity contribution in [3.05, 3.63) is 23.8 Å². The van der Waals surface area contributed by atoms with E-state index in [4.69, 9.17) is 10.5 Å². The molecular weight excluding hydrogens is 208 g/mol. The summed E-state index contributed by atoms with van der Waals surface area (Å²) >= 11 is 0. The average Bonchev–Trinajstić information content (AvgIpc) is 2.74. The lowest BCUT2D eigenvalue weighted by Crippen LogP contribution is -2.35. The monoisotopic (exact) mass is 222 g/mol. The number of aromatic hydroxyl groups is 1. The molecule has 16 heavy (non-hydrogen) atoms. The minimum Gasteiger partial charge on any atom is -0.508 e. The van der Waals surface area contributed by atoms with Crippen molar-refractivity contribution >= 4 is 11.6 Å². The summed E-state index contributed by atoms with van der Waals surface area (Å²) in [5.74, 6) is -0.245. The molecule has 0 aliphatic carbocycles. The summed E-state index contributed by atoms with van der Waals surface area (Å²) in [7, 11) is 0. The number of hydrogen-bond acceptors (Lipinski definition) is 4. The van der Waals surface area contributed by atoms with Gasteiger partial charge in [-0.1, -0.05) is 0 Å². The quantitative estimate of drug-likeness (QED) is 0.502. The number of amides is 1. The smallest absolute Gasteiger partial charge is 0.253 e. The lowest BCUT2D eigenvalue weighted by atomic mass is 10.1. The molecule has 0 spiro atoms. The highest BCUT2D eigenvalue weighted by Gasteiger charge is 2.19. The van der Waals surface area contributed by atoms with Crippen molar-refractivity contribution in [1.82, 2.24) is 5.32 Å². The van der Waals surface area contributed by atoms with Gasteiger partial charge in [-0.15, -0.1) is 0 Å². The number of phenols is 1. The molecule has 5 heteroatoms. The second-order valence-corrected chi connectivity index (χ2v) is 3.81. The van der Waals surface area contributed by atoms with Crippen LogP contribution in [0, 0.1) is 0 Å². The Kier molecular flexibility index (Phi) is 2.96. The van der Waals surface area contributed by atoms with E-state index in [0.717, 1.165) is 6.42 Å². The minimum atomic E-state index is -0.274. The fraction of sp³-hybridized carbons (Fsp3) is 0.364. The number of nitrogens with two attached hydrogens (primary N) is 1. The highest BCUT2D eigenvalue weighted by molar-refractivity contribution is 5.99. The number of nitrogen functional groups attached to an aromatic ring is 1. The second-order valence-electron chi connectivity index (χ2n) is 3.81. The topological polar surface area (TPSA) is 84.6 Å². The number of nitrogens with one attached hydrogen (secondary N) is 1. The molecule has 0 aromatic heterocycles. The van der Waals surface area contributed by atoms with E-state index in [1.54, 1.807) is 0 Å². The number of anilines is 1. The maximum Gasteiger partial charge on any atom is 0.253 e. The van der Waals surface area contributed by atoms with E-state index in [0.29, 0.717) is 24.5 Å². The van der Waals surface area contributed by atoms with Crippen LogP contribution in [-0.2, 0) is 4.74 Å². The molecule has 1 amide bonds. The van der Waals surface area contributed by atoms with Crippen molar-refractivity contribution in [3.8, 4) is 5.75 Å². The fourth-order valence-electron chi connectivity index (χ4n) is 1.65. The number of ether oxygens (including phenoxy) is 1. The molecule has 0 bridgehead atoms. The largest absolute Gasteiger partial charge is 0.508 e. The summed E-state index contributed by atoms with van der Waals surface area (Å²) in [5, 5.41) is 12.1. The molecule has 5 nitrogen and oxygen atoms in total. The molecule has 1 aromatic carbocycles. The van der Waals surface area contributed by atoms with Gasteiger partial charge in [-0.25, -0.2) is 0 Å². The van der Waals surface area contributed by atoms with Gasteiger partial charge in [-0.2, -0.15) is 0 Å². The Morgan fingerprint density at radius 3 is 3.06 bits per heavy atom. The maximum atomic E-state index is 11.8. The van der Waals surface area contributed by atoms with Gasteiger partial charge >= 0.3 is 0 Å². The van der Waals surface area contributed by atoms with Crippen molar-refractivity contribution in [1.29, 1.82) is 0 Å². The first kappa shape index (κ1) is 10.8.